The number of rotatable bonds is 4. The third-order valence-corrected chi connectivity index (χ3v) is 3.41. The lowest BCUT2D eigenvalue weighted by atomic mass is 10.0. The van der Waals surface area contributed by atoms with E-state index >= 15 is 0 Å². The Morgan fingerprint density at radius 1 is 1.56 bits per heavy atom. The van der Waals surface area contributed by atoms with E-state index in [1.807, 2.05) is 0 Å². The molecule has 1 N–H and O–H groups in total. The van der Waals surface area contributed by atoms with Crippen molar-refractivity contribution < 1.29 is 9.59 Å². The van der Waals surface area contributed by atoms with Gasteiger partial charge in [-0.15, -0.1) is 0 Å². The highest BCUT2D eigenvalue weighted by molar-refractivity contribution is 5.93. The Morgan fingerprint density at radius 3 is 2.69 bits per heavy atom. The molecule has 0 bridgehead atoms. The summed E-state index contributed by atoms with van der Waals surface area (Å²) in [4.78, 5) is 24.7. The maximum absolute atomic E-state index is 11.6. The quantitative estimate of drug-likeness (QED) is 0.762. The molecule has 2 amide bonds. The van der Waals surface area contributed by atoms with Crippen molar-refractivity contribution in [3.63, 3.8) is 0 Å². The van der Waals surface area contributed by atoms with Crippen LogP contribution in [0.5, 0.6) is 0 Å². The first-order chi connectivity index (χ1) is 7.59. The number of nitrogens with zero attached hydrogens (tertiary/aromatic N) is 1. The predicted octanol–water partition coefficient (Wildman–Crippen LogP) is 0.815. The Hall–Kier alpha value is -1.58. The minimum Gasteiger partial charge on any atom is -0.359 e. The van der Waals surface area contributed by atoms with Crippen LogP contribution in [0.4, 0.5) is 0 Å². The van der Waals surface area contributed by atoms with Crippen molar-refractivity contribution in [1.82, 2.24) is 10.2 Å². The van der Waals surface area contributed by atoms with Crippen LogP contribution in [0.15, 0.2) is 24.4 Å². The van der Waals surface area contributed by atoms with Gasteiger partial charge in [0.05, 0.1) is 5.41 Å². The highest BCUT2D eigenvalue weighted by atomic mass is 16.2. The molecule has 0 radical (unpaired) electrons. The second-order valence-electron chi connectivity index (χ2n) is 4.42. The van der Waals surface area contributed by atoms with Crippen LogP contribution >= 0.6 is 0 Å². The molecule has 4 nitrogen and oxygen atoms in total. The summed E-state index contributed by atoms with van der Waals surface area (Å²) in [6.07, 6.45) is 5.80. The fraction of sp³-hybridized carbons (Fsp3) is 0.500. The Morgan fingerprint density at radius 2 is 2.25 bits per heavy atom. The molecule has 0 aromatic carbocycles. The molecule has 2 rings (SSSR count). The highest BCUT2D eigenvalue weighted by Gasteiger charge is 2.49. The summed E-state index contributed by atoms with van der Waals surface area (Å²) in [5.74, 6) is 0.0652. The van der Waals surface area contributed by atoms with E-state index in [0.717, 1.165) is 25.0 Å². The van der Waals surface area contributed by atoms with Gasteiger partial charge in [0.1, 0.15) is 0 Å². The lowest BCUT2D eigenvalue weighted by Crippen LogP contribution is -2.33. The lowest BCUT2D eigenvalue weighted by Gasteiger charge is -2.20. The molecule has 0 spiro atoms. The van der Waals surface area contributed by atoms with E-state index < -0.39 is 0 Å². The Balaban J connectivity index is 1.91. The van der Waals surface area contributed by atoms with Crippen LogP contribution < -0.4 is 5.32 Å². The molecule has 1 aliphatic heterocycles. The summed E-state index contributed by atoms with van der Waals surface area (Å²) < 4.78 is 0. The van der Waals surface area contributed by atoms with E-state index in [9.17, 15) is 9.59 Å². The van der Waals surface area contributed by atoms with Crippen LogP contribution in [0.25, 0.3) is 0 Å². The zero-order valence-corrected chi connectivity index (χ0v) is 9.45. The number of hydrogen-bond acceptors (Lipinski definition) is 2. The van der Waals surface area contributed by atoms with Gasteiger partial charge in [0.25, 0.3) is 5.91 Å². The minimum atomic E-state index is -0.224. The molecule has 1 fully saturated rings. The van der Waals surface area contributed by atoms with Gasteiger partial charge in [0.15, 0.2) is 0 Å². The van der Waals surface area contributed by atoms with Gasteiger partial charge in [0.2, 0.25) is 5.91 Å². The standard InChI is InChI=1S/C12H16N2O2/c1-9-3-4-10(15)14(9)8-7-12(5-6-12)11(16)13-2/h3-4H,1,5-8H2,2H3,(H,13,16). The largest absolute Gasteiger partial charge is 0.359 e. The molecule has 0 unspecified atom stereocenters. The Kier molecular flexibility index (Phi) is 2.58. The molecule has 0 aromatic heterocycles. The first-order valence-electron chi connectivity index (χ1n) is 5.50. The average molecular weight is 220 g/mol. The first kappa shape index (κ1) is 10.9. The Bertz CT molecular complexity index is 362. The van der Waals surface area contributed by atoms with Crippen LogP contribution in [-0.2, 0) is 9.59 Å². The number of carbonyl (C=O) groups excluding carboxylic acids is 2. The third-order valence-electron chi connectivity index (χ3n) is 3.41. The predicted molar refractivity (Wildman–Crippen MR) is 60.3 cm³/mol. The molecular weight excluding hydrogens is 204 g/mol. The van der Waals surface area contributed by atoms with Gasteiger partial charge in [-0.2, -0.15) is 0 Å². The van der Waals surface area contributed by atoms with E-state index in [0.29, 0.717) is 6.54 Å². The van der Waals surface area contributed by atoms with Crippen molar-refractivity contribution in [3.8, 4) is 0 Å². The average Bonchev–Trinajstić information content (AvgIpc) is 3.00. The van der Waals surface area contributed by atoms with Gasteiger partial charge >= 0.3 is 0 Å². The number of nitrogens with one attached hydrogen (secondary N) is 1. The summed E-state index contributed by atoms with van der Waals surface area (Å²) in [6, 6.07) is 0. The van der Waals surface area contributed by atoms with Crippen LogP contribution in [0, 0.1) is 5.41 Å². The van der Waals surface area contributed by atoms with Gasteiger partial charge in [-0.05, 0) is 25.3 Å². The molecule has 16 heavy (non-hydrogen) atoms. The van der Waals surface area contributed by atoms with Gasteiger partial charge in [-0.1, -0.05) is 6.58 Å². The van der Waals surface area contributed by atoms with Gasteiger partial charge in [0, 0.05) is 25.4 Å². The van der Waals surface area contributed by atoms with Gasteiger partial charge in [-0.25, -0.2) is 0 Å². The van der Waals surface area contributed by atoms with E-state index in [1.54, 1.807) is 18.0 Å². The summed E-state index contributed by atoms with van der Waals surface area (Å²) in [5.41, 5.74) is 0.496. The molecule has 1 heterocycles. The van der Waals surface area contributed by atoms with Crippen LogP contribution in [0.3, 0.4) is 0 Å². The topological polar surface area (TPSA) is 49.4 Å². The monoisotopic (exact) mass is 220 g/mol. The van der Waals surface area contributed by atoms with E-state index in [4.69, 9.17) is 0 Å². The van der Waals surface area contributed by atoms with Crippen LogP contribution in [-0.4, -0.2) is 30.3 Å². The van der Waals surface area contributed by atoms with Gasteiger partial charge < -0.3 is 10.2 Å². The van der Waals surface area contributed by atoms with Crippen molar-refractivity contribution >= 4 is 11.8 Å². The van der Waals surface area contributed by atoms with Crippen molar-refractivity contribution in [2.24, 2.45) is 5.41 Å². The summed E-state index contributed by atoms with van der Waals surface area (Å²) >= 11 is 0. The van der Waals surface area contributed by atoms with Crippen molar-refractivity contribution in [2.75, 3.05) is 13.6 Å². The van der Waals surface area contributed by atoms with E-state index in [2.05, 4.69) is 11.9 Å². The summed E-state index contributed by atoms with van der Waals surface area (Å²) in [7, 11) is 1.66. The molecule has 0 atom stereocenters. The fourth-order valence-corrected chi connectivity index (χ4v) is 2.08. The Labute approximate surface area is 95.0 Å². The van der Waals surface area contributed by atoms with Crippen LogP contribution in [0.2, 0.25) is 0 Å². The summed E-state index contributed by atoms with van der Waals surface area (Å²) in [5, 5.41) is 2.69. The molecule has 1 aliphatic carbocycles. The van der Waals surface area contributed by atoms with Gasteiger partial charge in [-0.3, -0.25) is 9.59 Å². The highest BCUT2D eigenvalue weighted by Crippen LogP contribution is 2.49. The van der Waals surface area contributed by atoms with E-state index in [-0.39, 0.29) is 17.2 Å². The minimum absolute atomic E-state index is 0.0299. The third kappa shape index (κ3) is 1.75. The number of amides is 2. The van der Waals surface area contributed by atoms with Crippen molar-refractivity contribution in [1.29, 1.82) is 0 Å². The molecule has 0 aromatic rings. The second-order valence-corrected chi connectivity index (χ2v) is 4.42. The number of hydrogen-bond donors (Lipinski definition) is 1. The molecular formula is C12H16N2O2. The van der Waals surface area contributed by atoms with Crippen molar-refractivity contribution in [3.05, 3.63) is 24.4 Å². The number of allylic oxidation sites excluding steroid dienone is 1. The zero-order chi connectivity index (χ0) is 11.8. The molecule has 86 valence electrons. The SMILES string of the molecule is C=C1C=CC(=O)N1CCC1(C(=O)NC)CC1. The number of carbonyl (C=O) groups is 2. The maximum atomic E-state index is 11.6. The lowest BCUT2D eigenvalue weighted by molar-refractivity contribution is -0.128. The van der Waals surface area contributed by atoms with Crippen molar-refractivity contribution in [2.45, 2.75) is 19.3 Å². The molecule has 1 saturated carbocycles. The molecule has 4 heteroatoms. The molecule has 0 saturated heterocycles. The molecule has 2 aliphatic rings. The summed E-state index contributed by atoms with van der Waals surface area (Å²) in [6.45, 7) is 4.37. The normalized spacial score (nSPS) is 21.4. The zero-order valence-electron chi connectivity index (χ0n) is 9.45. The first-order valence-corrected chi connectivity index (χ1v) is 5.50. The maximum Gasteiger partial charge on any atom is 0.251 e. The smallest absolute Gasteiger partial charge is 0.251 e. The van der Waals surface area contributed by atoms with E-state index in [1.165, 1.54) is 6.08 Å². The second kappa shape index (κ2) is 3.77. The fourth-order valence-electron chi connectivity index (χ4n) is 2.08. The van der Waals surface area contributed by atoms with Crippen LogP contribution in [0.1, 0.15) is 19.3 Å².